The number of rotatable bonds is 4. The Hall–Kier alpha value is -0.0900. The van der Waals surface area contributed by atoms with E-state index >= 15 is 0 Å². The highest BCUT2D eigenvalue weighted by Gasteiger charge is 2.15. The van der Waals surface area contributed by atoms with Crippen molar-refractivity contribution in [3.8, 4) is 0 Å². The topological polar surface area (TPSA) is 29.1 Å². The van der Waals surface area contributed by atoms with Crippen molar-refractivity contribution < 1.29 is 4.21 Å². The van der Waals surface area contributed by atoms with Crippen LogP contribution < -0.4 is 5.32 Å². The molecule has 0 saturated carbocycles. The van der Waals surface area contributed by atoms with E-state index in [1.807, 2.05) is 0 Å². The summed E-state index contributed by atoms with van der Waals surface area (Å²) in [5.74, 6) is 1.33. The van der Waals surface area contributed by atoms with Crippen molar-refractivity contribution in [2.75, 3.05) is 18.8 Å². The van der Waals surface area contributed by atoms with Crippen LogP contribution in [0, 0.1) is 5.92 Å². The Balaban J connectivity index is 1.90. The lowest BCUT2D eigenvalue weighted by atomic mass is 9.97. The van der Waals surface area contributed by atoms with Crippen molar-refractivity contribution in [1.82, 2.24) is 5.32 Å². The number of piperidine rings is 1. The molecule has 0 aliphatic carbocycles. The van der Waals surface area contributed by atoms with E-state index in [9.17, 15) is 4.21 Å². The average molecular weight is 306 g/mol. The monoisotopic (exact) mass is 305 g/mol. The molecule has 1 aromatic carbocycles. The normalized spacial score (nSPS) is 21.8. The van der Waals surface area contributed by atoms with E-state index in [0.29, 0.717) is 21.7 Å². The van der Waals surface area contributed by atoms with Gasteiger partial charge in [0.15, 0.2) is 0 Å². The number of halogens is 2. The van der Waals surface area contributed by atoms with Gasteiger partial charge >= 0.3 is 0 Å². The lowest BCUT2D eigenvalue weighted by Crippen LogP contribution is -2.30. The zero-order valence-corrected chi connectivity index (χ0v) is 12.5. The fourth-order valence-electron chi connectivity index (χ4n) is 2.22. The molecule has 100 valence electrons. The fraction of sp³-hybridized carbons (Fsp3) is 0.538. The standard InChI is InChI=1S/C13H17Cl2NOS/c14-11-6-12(15)8-13(7-11)18(17)5-3-10-2-1-4-16-9-10/h6-8,10,16H,1-5,9H2. The van der Waals surface area contributed by atoms with Crippen LogP contribution in [0.25, 0.3) is 0 Å². The molecule has 1 aliphatic heterocycles. The van der Waals surface area contributed by atoms with E-state index in [-0.39, 0.29) is 0 Å². The summed E-state index contributed by atoms with van der Waals surface area (Å²) in [6.45, 7) is 2.16. The average Bonchev–Trinajstić information content (AvgIpc) is 2.36. The Morgan fingerprint density at radius 3 is 2.61 bits per heavy atom. The second kappa shape index (κ2) is 6.90. The third-order valence-corrected chi connectivity index (χ3v) is 5.01. The molecule has 1 heterocycles. The maximum Gasteiger partial charge on any atom is 0.0530 e. The molecule has 1 aromatic rings. The van der Waals surface area contributed by atoms with Gasteiger partial charge in [0.25, 0.3) is 0 Å². The summed E-state index contributed by atoms with van der Waals surface area (Å²) < 4.78 is 12.2. The van der Waals surface area contributed by atoms with Gasteiger partial charge < -0.3 is 5.32 Å². The molecule has 1 saturated heterocycles. The van der Waals surface area contributed by atoms with E-state index in [4.69, 9.17) is 23.2 Å². The van der Waals surface area contributed by atoms with Crippen LogP contribution in [0.1, 0.15) is 19.3 Å². The van der Waals surface area contributed by atoms with Crippen LogP contribution in [0.3, 0.4) is 0 Å². The van der Waals surface area contributed by atoms with Crippen LogP contribution in [-0.2, 0) is 10.8 Å². The number of nitrogens with one attached hydrogen (secondary N) is 1. The number of benzene rings is 1. The molecule has 2 atom stereocenters. The second-order valence-electron chi connectivity index (χ2n) is 4.66. The molecule has 0 aromatic heterocycles. The smallest absolute Gasteiger partial charge is 0.0530 e. The molecular weight excluding hydrogens is 289 g/mol. The van der Waals surface area contributed by atoms with Gasteiger partial charge in [-0.1, -0.05) is 23.2 Å². The summed E-state index contributed by atoms with van der Waals surface area (Å²) in [5.41, 5.74) is 0. The van der Waals surface area contributed by atoms with E-state index in [2.05, 4.69) is 5.32 Å². The largest absolute Gasteiger partial charge is 0.316 e. The first-order chi connectivity index (χ1) is 8.65. The summed E-state index contributed by atoms with van der Waals surface area (Å²) in [6, 6.07) is 5.14. The van der Waals surface area contributed by atoms with Crippen molar-refractivity contribution in [3.63, 3.8) is 0 Å². The predicted octanol–water partition coefficient (Wildman–Crippen LogP) is 3.49. The molecule has 0 bridgehead atoms. The van der Waals surface area contributed by atoms with Crippen molar-refractivity contribution >= 4 is 34.0 Å². The first-order valence-electron chi connectivity index (χ1n) is 6.20. The zero-order chi connectivity index (χ0) is 13.0. The van der Waals surface area contributed by atoms with Gasteiger partial charge in [-0.05, 0) is 56.5 Å². The third-order valence-electron chi connectivity index (χ3n) is 3.21. The maximum atomic E-state index is 12.2. The predicted molar refractivity (Wildman–Crippen MR) is 77.9 cm³/mol. The molecule has 18 heavy (non-hydrogen) atoms. The van der Waals surface area contributed by atoms with Crippen molar-refractivity contribution in [3.05, 3.63) is 28.2 Å². The Labute approximate surface area is 121 Å². The number of hydrogen-bond donors (Lipinski definition) is 1. The van der Waals surface area contributed by atoms with Gasteiger partial charge in [0.05, 0.1) is 10.8 Å². The van der Waals surface area contributed by atoms with E-state index in [0.717, 1.165) is 24.4 Å². The minimum Gasteiger partial charge on any atom is -0.316 e. The first-order valence-corrected chi connectivity index (χ1v) is 8.28. The molecule has 2 nitrogen and oxygen atoms in total. The summed E-state index contributed by atoms with van der Waals surface area (Å²) in [5, 5.41) is 4.47. The first kappa shape index (κ1) is 14.3. The highest BCUT2D eigenvalue weighted by molar-refractivity contribution is 7.85. The van der Waals surface area contributed by atoms with Gasteiger partial charge in [-0.25, -0.2) is 0 Å². The highest BCUT2D eigenvalue weighted by Crippen LogP contribution is 2.23. The Bertz CT molecular complexity index is 413. The maximum absolute atomic E-state index is 12.2. The van der Waals surface area contributed by atoms with E-state index < -0.39 is 10.8 Å². The minimum absolute atomic E-state index is 0.546. The molecule has 2 unspecified atom stereocenters. The van der Waals surface area contributed by atoms with Gasteiger partial charge in [-0.3, -0.25) is 4.21 Å². The molecule has 1 N–H and O–H groups in total. The van der Waals surface area contributed by atoms with Crippen LogP contribution in [0.5, 0.6) is 0 Å². The van der Waals surface area contributed by atoms with Crippen molar-refractivity contribution in [2.45, 2.75) is 24.2 Å². The molecule has 1 aliphatic rings. The molecule has 0 spiro atoms. The van der Waals surface area contributed by atoms with Crippen LogP contribution in [0.4, 0.5) is 0 Å². The highest BCUT2D eigenvalue weighted by atomic mass is 35.5. The molecule has 0 amide bonds. The van der Waals surface area contributed by atoms with E-state index in [1.165, 1.54) is 12.8 Å². The van der Waals surface area contributed by atoms with Crippen LogP contribution >= 0.6 is 23.2 Å². The number of hydrogen-bond acceptors (Lipinski definition) is 2. The van der Waals surface area contributed by atoms with Crippen LogP contribution in [0.15, 0.2) is 23.1 Å². The molecular formula is C13H17Cl2NOS. The SMILES string of the molecule is O=S(CCC1CCCNC1)c1cc(Cl)cc(Cl)c1. The quantitative estimate of drug-likeness (QED) is 0.922. The van der Waals surface area contributed by atoms with Gasteiger partial charge in [0.2, 0.25) is 0 Å². The lowest BCUT2D eigenvalue weighted by molar-refractivity contribution is 0.370. The molecule has 1 fully saturated rings. The summed E-state index contributed by atoms with van der Waals surface area (Å²) in [4.78, 5) is 0.733. The Morgan fingerprint density at radius 2 is 2.00 bits per heavy atom. The summed E-state index contributed by atoms with van der Waals surface area (Å²) >= 11 is 11.8. The summed E-state index contributed by atoms with van der Waals surface area (Å²) in [6.07, 6.45) is 3.45. The molecule has 5 heteroatoms. The van der Waals surface area contributed by atoms with Crippen LogP contribution in [0.2, 0.25) is 10.0 Å². The Morgan fingerprint density at radius 1 is 1.28 bits per heavy atom. The molecule has 0 radical (unpaired) electrons. The van der Waals surface area contributed by atoms with E-state index in [1.54, 1.807) is 18.2 Å². The minimum atomic E-state index is -1.00. The van der Waals surface area contributed by atoms with Gasteiger partial charge in [-0.2, -0.15) is 0 Å². The second-order valence-corrected chi connectivity index (χ2v) is 7.10. The zero-order valence-electron chi connectivity index (χ0n) is 10.1. The van der Waals surface area contributed by atoms with Crippen LogP contribution in [-0.4, -0.2) is 23.1 Å². The van der Waals surface area contributed by atoms with Gasteiger partial charge in [0.1, 0.15) is 0 Å². The third kappa shape index (κ3) is 4.23. The van der Waals surface area contributed by atoms with Crippen molar-refractivity contribution in [1.29, 1.82) is 0 Å². The Kier molecular flexibility index (Phi) is 5.49. The fourth-order valence-corrected chi connectivity index (χ4v) is 4.18. The lowest BCUT2D eigenvalue weighted by Gasteiger charge is -2.22. The van der Waals surface area contributed by atoms with Crippen molar-refractivity contribution in [2.24, 2.45) is 5.92 Å². The van der Waals surface area contributed by atoms with Gasteiger partial charge in [0, 0.05) is 20.7 Å². The molecule has 2 rings (SSSR count). The summed E-state index contributed by atoms with van der Waals surface area (Å²) in [7, 11) is -1.00. The van der Waals surface area contributed by atoms with Gasteiger partial charge in [-0.15, -0.1) is 0 Å².